The van der Waals surface area contributed by atoms with E-state index in [1.165, 1.54) is 6.42 Å². The number of rotatable bonds is 6. The van der Waals surface area contributed by atoms with Crippen LogP contribution < -0.4 is 0 Å². The first-order valence-electron chi connectivity index (χ1n) is 7.27. The first-order chi connectivity index (χ1) is 9.61. The Morgan fingerprint density at radius 3 is 2.75 bits per heavy atom. The molecule has 0 atom stereocenters. The molecule has 1 amide bonds. The topological polar surface area (TPSA) is 40.5 Å². The summed E-state index contributed by atoms with van der Waals surface area (Å²) in [6.07, 6.45) is 4.51. The number of aliphatic hydroxyl groups excluding tert-OH is 1. The molecule has 0 radical (unpaired) electrons. The molecule has 1 aliphatic carbocycles. The average Bonchev–Trinajstić information content (AvgIpc) is 2.37. The second-order valence-electron chi connectivity index (χ2n) is 5.48. The van der Waals surface area contributed by atoms with Gasteiger partial charge >= 0.3 is 0 Å². The third kappa shape index (κ3) is 3.74. The quantitative estimate of drug-likeness (QED) is 0.876. The summed E-state index contributed by atoms with van der Waals surface area (Å²) >= 11 is 6.10. The molecule has 110 valence electrons. The van der Waals surface area contributed by atoms with Gasteiger partial charge in [-0.1, -0.05) is 23.7 Å². The van der Waals surface area contributed by atoms with Crippen molar-refractivity contribution in [3.63, 3.8) is 0 Å². The van der Waals surface area contributed by atoms with Crippen molar-refractivity contribution in [2.24, 2.45) is 0 Å². The molecule has 0 saturated heterocycles. The van der Waals surface area contributed by atoms with Crippen LogP contribution in [0.15, 0.2) is 18.2 Å². The van der Waals surface area contributed by atoms with E-state index >= 15 is 0 Å². The lowest BCUT2D eigenvalue weighted by atomic mass is 9.91. The molecule has 0 spiro atoms. The van der Waals surface area contributed by atoms with E-state index in [1.807, 2.05) is 30.0 Å². The van der Waals surface area contributed by atoms with Gasteiger partial charge in [-0.05, 0) is 49.8 Å². The van der Waals surface area contributed by atoms with E-state index in [9.17, 15) is 4.79 Å². The minimum Gasteiger partial charge on any atom is -0.395 e. The van der Waals surface area contributed by atoms with Crippen molar-refractivity contribution in [2.45, 2.75) is 45.1 Å². The van der Waals surface area contributed by atoms with Gasteiger partial charge in [0.05, 0.1) is 6.61 Å². The number of hydrogen-bond acceptors (Lipinski definition) is 2. The van der Waals surface area contributed by atoms with Crippen molar-refractivity contribution < 1.29 is 9.90 Å². The molecule has 0 heterocycles. The van der Waals surface area contributed by atoms with Crippen LogP contribution in [-0.4, -0.2) is 35.1 Å². The smallest absolute Gasteiger partial charge is 0.223 e. The molecule has 1 aromatic carbocycles. The van der Waals surface area contributed by atoms with E-state index in [2.05, 4.69) is 0 Å². The number of aliphatic hydroxyl groups is 1. The highest BCUT2D eigenvalue weighted by atomic mass is 35.5. The Bertz CT molecular complexity index is 472. The molecular weight excluding hydrogens is 274 g/mol. The molecule has 0 aromatic heterocycles. The molecule has 1 aliphatic rings. The van der Waals surface area contributed by atoms with Crippen LogP contribution in [-0.2, 0) is 11.2 Å². The van der Waals surface area contributed by atoms with Crippen LogP contribution in [0.2, 0.25) is 5.02 Å². The Balaban J connectivity index is 1.90. The van der Waals surface area contributed by atoms with Crippen LogP contribution in [0.1, 0.15) is 36.8 Å². The first-order valence-corrected chi connectivity index (χ1v) is 7.65. The lowest BCUT2D eigenvalue weighted by Gasteiger charge is -2.37. The van der Waals surface area contributed by atoms with E-state index in [4.69, 9.17) is 16.7 Å². The van der Waals surface area contributed by atoms with Crippen molar-refractivity contribution in [1.82, 2.24) is 4.90 Å². The number of benzene rings is 1. The molecule has 0 bridgehead atoms. The fourth-order valence-electron chi connectivity index (χ4n) is 2.50. The van der Waals surface area contributed by atoms with Gasteiger partial charge in [0.2, 0.25) is 5.91 Å². The fraction of sp³-hybridized carbons (Fsp3) is 0.562. The predicted molar refractivity (Wildman–Crippen MR) is 80.9 cm³/mol. The van der Waals surface area contributed by atoms with E-state index in [0.29, 0.717) is 25.4 Å². The highest BCUT2D eigenvalue weighted by molar-refractivity contribution is 6.31. The maximum atomic E-state index is 12.3. The van der Waals surface area contributed by atoms with E-state index in [0.717, 1.165) is 29.0 Å². The molecule has 0 unspecified atom stereocenters. The Hall–Kier alpha value is -1.06. The van der Waals surface area contributed by atoms with E-state index < -0.39 is 0 Å². The van der Waals surface area contributed by atoms with Crippen LogP contribution in [0, 0.1) is 6.92 Å². The molecule has 1 aromatic rings. The first kappa shape index (κ1) is 15.3. The highest BCUT2D eigenvalue weighted by Crippen LogP contribution is 2.25. The molecule has 0 aliphatic heterocycles. The Morgan fingerprint density at radius 1 is 1.45 bits per heavy atom. The van der Waals surface area contributed by atoms with Crippen molar-refractivity contribution in [3.05, 3.63) is 34.3 Å². The second kappa shape index (κ2) is 7.09. The summed E-state index contributed by atoms with van der Waals surface area (Å²) in [6.45, 7) is 2.47. The third-order valence-corrected chi connectivity index (χ3v) is 4.45. The summed E-state index contributed by atoms with van der Waals surface area (Å²) in [5, 5.41) is 9.85. The van der Waals surface area contributed by atoms with Gasteiger partial charge in [0.15, 0.2) is 0 Å². The van der Waals surface area contributed by atoms with Gasteiger partial charge < -0.3 is 10.0 Å². The minimum atomic E-state index is 0.0403. The zero-order chi connectivity index (χ0) is 14.5. The van der Waals surface area contributed by atoms with Crippen molar-refractivity contribution in [2.75, 3.05) is 13.2 Å². The molecule has 3 nitrogen and oxygen atoms in total. The summed E-state index contributed by atoms with van der Waals surface area (Å²) in [5.41, 5.74) is 2.14. The molecule has 20 heavy (non-hydrogen) atoms. The third-order valence-electron chi connectivity index (χ3n) is 4.04. The Labute approximate surface area is 125 Å². The molecule has 1 N–H and O–H groups in total. The number of hydrogen-bond donors (Lipinski definition) is 1. The highest BCUT2D eigenvalue weighted by Gasteiger charge is 2.27. The van der Waals surface area contributed by atoms with E-state index in [1.54, 1.807) is 0 Å². The van der Waals surface area contributed by atoms with Crippen LogP contribution in [0.3, 0.4) is 0 Å². The summed E-state index contributed by atoms with van der Waals surface area (Å²) in [4.78, 5) is 14.1. The molecule has 1 fully saturated rings. The van der Waals surface area contributed by atoms with Gasteiger partial charge in [0.25, 0.3) is 0 Å². The summed E-state index contributed by atoms with van der Waals surface area (Å²) in [5.74, 6) is 0.139. The Kier molecular flexibility index (Phi) is 5.44. The normalized spacial score (nSPS) is 14.9. The average molecular weight is 296 g/mol. The zero-order valence-corrected chi connectivity index (χ0v) is 12.7. The fourth-order valence-corrected chi connectivity index (χ4v) is 2.71. The molecular formula is C16H22ClNO2. The SMILES string of the molecule is Cc1ccc(CCC(=O)N(CCO)C2CCC2)cc1Cl. The van der Waals surface area contributed by atoms with Gasteiger partial charge in [-0.2, -0.15) is 0 Å². The monoisotopic (exact) mass is 295 g/mol. The maximum absolute atomic E-state index is 12.3. The number of carbonyl (C=O) groups excluding carboxylic acids is 1. The molecule has 4 heteroatoms. The number of aryl methyl sites for hydroxylation is 2. The van der Waals surface area contributed by atoms with Crippen LogP contribution in [0.5, 0.6) is 0 Å². The number of carbonyl (C=O) groups is 1. The molecule has 1 saturated carbocycles. The lowest BCUT2D eigenvalue weighted by molar-refractivity contribution is -0.135. The number of halogens is 1. The van der Waals surface area contributed by atoms with Crippen LogP contribution in [0.4, 0.5) is 0 Å². The minimum absolute atomic E-state index is 0.0403. The van der Waals surface area contributed by atoms with Gasteiger partial charge in [0.1, 0.15) is 0 Å². The summed E-state index contributed by atoms with van der Waals surface area (Å²) < 4.78 is 0. The summed E-state index contributed by atoms with van der Waals surface area (Å²) in [6, 6.07) is 6.29. The van der Waals surface area contributed by atoms with E-state index in [-0.39, 0.29) is 12.5 Å². The zero-order valence-electron chi connectivity index (χ0n) is 11.9. The lowest BCUT2D eigenvalue weighted by Crippen LogP contribution is -2.45. The Morgan fingerprint density at radius 2 is 2.20 bits per heavy atom. The van der Waals surface area contributed by atoms with Crippen molar-refractivity contribution in [1.29, 1.82) is 0 Å². The number of nitrogens with zero attached hydrogens (tertiary/aromatic N) is 1. The molecule has 2 rings (SSSR count). The van der Waals surface area contributed by atoms with Gasteiger partial charge in [-0.3, -0.25) is 4.79 Å². The maximum Gasteiger partial charge on any atom is 0.223 e. The van der Waals surface area contributed by atoms with Crippen molar-refractivity contribution >= 4 is 17.5 Å². The van der Waals surface area contributed by atoms with Crippen molar-refractivity contribution in [3.8, 4) is 0 Å². The van der Waals surface area contributed by atoms with Crippen LogP contribution in [0.25, 0.3) is 0 Å². The summed E-state index contributed by atoms with van der Waals surface area (Å²) in [7, 11) is 0. The largest absolute Gasteiger partial charge is 0.395 e. The van der Waals surface area contributed by atoms with Gasteiger partial charge in [-0.25, -0.2) is 0 Å². The second-order valence-corrected chi connectivity index (χ2v) is 5.89. The number of amides is 1. The standard InChI is InChI=1S/C16H22ClNO2/c1-12-5-6-13(11-15(12)17)7-8-16(20)18(9-10-19)14-3-2-4-14/h5-6,11,14,19H,2-4,7-10H2,1H3. The van der Waals surface area contributed by atoms with Crippen LogP contribution >= 0.6 is 11.6 Å². The predicted octanol–water partition coefficient (Wildman–Crippen LogP) is 2.95. The van der Waals surface area contributed by atoms with Gasteiger partial charge in [-0.15, -0.1) is 0 Å². The van der Waals surface area contributed by atoms with Gasteiger partial charge in [0, 0.05) is 24.0 Å².